The molecule has 3 aromatic rings. The second-order valence-electron chi connectivity index (χ2n) is 10.0. The summed E-state index contributed by atoms with van der Waals surface area (Å²) >= 11 is 1.44. The minimum atomic E-state index is -3.48. The SMILES string of the molecule is CC(C)Oc1ccc(-c2nnc(-c3cccc4c3CC[C@H]4NS(=O)(=O)CCN3CC[C@H](O)C3)s2)cc1C#N. The van der Waals surface area contributed by atoms with Gasteiger partial charge in [-0.3, -0.25) is 4.90 Å². The van der Waals surface area contributed by atoms with Crippen molar-refractivity contribution in [2.24, 2.45) is 0 Å². The normalized spacial score (nSPS) is 19.6. The van der Waals surface area contributed by atoms with Crippen LogP contribution in [0.1, 0.15) is 49.4 Å². The van der Waals surface area contributed by atoms with Crippen LogP contribution < -0.4 is 9.46 Å². The van der Waals surface area contributed by atoms with Gasteiger partial charge in [0.2, 0.25) is 10.0 Å². The molecule has 2 heterocycles. The van der Waals surface area contributed by atoms with Crippen LogP contribution in [-0.4, -0.2) is 66.2 Å². The zero-order valence-corrected chi connectivity index (χ0v) is 23.1. The average Bonchev–Trinajstić information content (AvgIpc) is 3.63. The van der Waals surface area contributed by atoms with E-state index in [1.54, 1.807) is 12.1 Å². The van der Waals surface area contributed by atoms with Gasteiger partial charge in [-0.2, -0.15) is 5.26 Å². The van der Waals surface area contributed by atoms with Crippen LogP contribution in [0.25, 0.3) is 21.1 Å². The summed E-state index contributed by atoms with van der Waals surface area (Å²) < 4.78 is 34.3. The van der Waals surface area contributed by atoms with E-state index in [1.807, 2.05) is 43.0 Å². The van der Waals surface area contributed by atoms with Crippen LogP contribution in [0.2, 0.25) is 0 Å². The maximum atomic E-state index is 12.8. The summed E-state index contributed by atoms with van der Waals surface area (Å²) in [4.78, 5) is 1.99. The number of aliphatic hydroxyl groups excluding tert-OH is 1. The third kappa shape index (κ3) is 5.90. The van der Waals surface area contributed by atoms with Crippen molar-refractivity contribution in [3.8, 4) is 33.0 Å². The summed E-state index contributed by atoms with van der Waals surface area (Å²) in [7, 11) is -3.48. The molecular formula is C27H31N5O4S2. The molecule has 1 fully saturated rings. The lowest BCUT2D eigenvalue weighted by Crippen LogP contribution is -2.35. The van der Waals surface area contributed by atoms with Crippen molar-refractivity contribution < 1.29 is 18.3 Å². The Labute approximate surface area is 227 Å². The number of β-amino-alcohol motifs (C(OH)–C–C–N with tert-alkyl or cyclic N) is 1. The number of hydrogen-bond donors (Lipinski definition) is 2. The molecule has 0 spiro atoms. The molecule has 38 heavy (non-hydrogen) atoms. The number of aromatic nitrogens is 2. The monoisotopic (exact) mass is 553 g/mol. The molecule has 1 saturated heterocycles. The number of nitrogens with one attached hydrogen (secondary N) is 1. The Hall–Kier alpha value is -2.88. The molecule has 1 aliphatic carbocycles. The van der Waals surface area contributed by atoms with E-state index in [4.69, 9.17) is 4.74 Å². The Morgan fingerprint density at radius 3 is 2.79 bits per heavy atom. The molecule has 11 heteroatoms. The van der Waals surface area contributed by atoms with Crippen LogP contribution in [0.3, 0.4) is 0 Å². The molecule has 5 rings (SSSR count). The van der Waals surface area contributed by atoms with Crippen LogP contribution in [0, 0.1) is 11.3 Å². The molecule has 2 aliphatic rings. The van der Waals surface area contributed by atoms with Gasteiger partial charge in [0.15, 0.2) is 0 Å². The van der Waals surface area contributed by atoms with Gasteiger partial charge in [0.1, 0.15) is 21.8 Å². The number of hydrogen-bond acceptors (Lipinski definition) is 9. The maximum absolute atomic E-state index is 12.8. The van der Waals surface area contributed by atoms with Crippen LogP contribution >= 0.6 is 11.3 Å². The van der Waals surface area contributed by atoms with Gasteiger partial charge in [-0.15, -0.1) is 10.2 Å². The molecule has 0 unspecified atom stereocenters. The Bertz CT molecular complexity index is 1460. The minimum absolute atomic E-state index is 0.0106. The molecule has 0 saturated carbocycles. The van der Waals surface area contributed by atoms with Gasteiger partial charge >= 0.3 is 0 Å². The Kier molecular flexibility index (Phi) is 7.79. The lowest BCUT2D eigenvalue weighted by molar-refractivity contribution is 0.178. The first kappa shape index (κ1) is 26.7. The molecule has 1 aliphatic heterocycles. The van der Waals surface area contributed by atoms with Gasteiger partial charge in [-0.1, -0.05) is 29.5 Å². The number of nitriles is 1. The van der Waals surface area contributed by atoms with E-state index in [1.165, 1.54) is 11.3 Å². The molecule has 2 N–H and O–H groups in total. The third-order valence-corrected chi connectivity index (χ3v) is 9.25. The topological polar surface area (TPSA) is 128 Å². The van der Waals surface area contributed by atoms with Crippen molar-refractivity contribution in [3.05, 3.63) is 53.1 Å². The smallest absolute Gasteiger partial charge is 0.213 e. The number of fused-ring (bicyclic) bond motifs is 1. The molecule has 200 valence electrons. The van der Waals surface area contributed by atoms with E-state index < -0.39 is 10.0 Å². The fraction of sp³-hybridized carbons (Fsp3) is 0.444. The van der Waals surface area contributed by atoms with Crippen molar-refractivity contribution in [2.75, 3.05) is 25.4 Å². The zero-order chi connectivity index (χ0) is 26.9. The number of benzene rings is 2. The van der Waals surface area contributed by atoms with Gasteiger partial charge in [0.25, 0.3) is 0 Å². The van der Waals surface area contributed by atoms with Crippen LogP contribution in [0.15, 0.2) is 36.4 Å². The van der Waals surface area contributed by atoms with Crippen molar-refractivity contribution in [1.29, 1.82) is 5.26 Å². The first-order valence-corrected chi connectivity index (χ1v) is 15.3. The number of likely N-dealkylation sites (tertiary alicyclic amines) is 1. The quantitative estimate of drug-likeness (QED) is 0.412. The van der Waals surface area contributed by atoms with Gasteiger partial charge in [0.05, 0.1) is 23.5 Å². The molecule has 0 bridgehead atoms. The van der Waals surface area contributed by atoms with E-state index >= 15 is 0 Å². The van der Waals surface area contributed by atoms with Gasteiger partial charge < -0.3 is 9.84 Å². The second-order valence-corrected chi connectivity index (χ2v) is 12.9. The fourth-order valence-corrected chi connectivity index (χ4v) is 7.26. The largest absolute Gasteiger partial charge is 0.490 e. The van der Waals surface area contributed by atoms with Gasteiger partial charge in [0, 0.05) is 36.8 Å². The van der Waals surface area contributed by atoms with Crippen molar-refractivity contribution in [3.63, 3.8) is 0 Å². The standard InChI is InChI=1S/C27H31N5O4S2/c1-17(2)36-25-9-6-18(14-19(25)15-28)26-29-30-27(37-26)23-5-3-4-22-21(23)7-8-24(22)31-38(34,35)13-12-32-11-10-20(33)16-32/h3-6,9,14,17,20,24,31,33H,7-8,10-13,16H2,1-2H3/t20-,24+/m0/s1. The fourth-order valence-electron chi connectivity index (χ4n) is 5.07. The van der Waals surface area contributed by atoms with Crippen LogP contribution in [0.4, 0.5) is 0 Å². The van der Waals surface area contributed by atoms with Gasteiger partial charge in [-0.25, -0.2) is 13.1 Å². The number of aliphatic hydroxyl groups is 1. The van der Waals surface area contributed by atoms with Gasteiger partial charge in [-0.05, 0) is 62.4 Å². The Morgan fingerprint density at radius 2 is 2.05 bits per heavy atom. The Morgan fingerprint density at radius 1 is 1.24 bits per heavy atom. The Balaban J connectivity index is 1.32. The third-order valence-electron chi connectivity index (χ3n) is 6.88. The molecule has 0 radical (unpaired) electrons. The molecular weight excluding hydrogens is 522 g/mol. The zero-order valence-electron chi connectivity index (χ0n) is 21.4. The highest BCUT2D eigenvalue weighted by atomic mass is 32.2. The summed E-state index contributed by atoms with van der Waals surface area (Å²) in [5, 5.41) is 29.5. The second kappa shape index (κ2) is 11.1. The maximum Gasteiger partial charge on any atom is 0.213 e. The molecule has 2 aromatic carbocycles. The summed E-state index contributed by atoms with van der Waals surface area (Å²) in [6.45, 7) is 5.51. The highest BCUT2D eigenvalue weighted by Gasteiger charge is 2.30. The number of ether oxygens (including phenoxy) is 1. The van der Waals surface area contributed by atoms with E-state index in [2.05, 4.69) is 21.0 Å². The van der Waals surface area contributed by atoms with E-state index in [0.29, 0.717) is 42.3 Å². The predicted octanol–water partition coefficient (Wildman–Crippen LogP) is 3.50. The predicted molar refractivity (Wildman–Crippen MR) is 146 cm³/mol. The summed E-state index contributed by atoms with van der Waals surface area (Å²) in [6.07, 6.45) is 1.72. The highest BCUT2D eigenvalue weighted by Crippen LogP contribution is 2.40. The van der Waals surface area contributed by atoms with E-state index in [0.717, 1.165) is 40.2 Å². The number of nitrogens with zero attached hydrogens (tertiary/aromatic N) is 4. The van der Waals surface area contributed by atoms with Crippen molar-refractivity contribution in [2.45, 2.75) is 51.4 Å². The van der Waals surface area contributed by atoms with Crippen molar-refractivity contribution in [1.82, 2.24) is 19.8 Å². The van der Waals surface area contributed by atoms with Crippen LogP contribution in [0.5, 0.6) is 5.75 Å². The average molecular weight is 554 g/mol. The van der Waals surface area contributed by atoms with E-state index in [9.17, 15) is 18.8 Å². The van der Waals surface area contributed by atoms with Crippen LogP contribution in [-0.2, 0) is 16.4 Å². The summed E-state index contributed by atoms with van der Waals surface area (Å²) in [6, 6.07) is 13.3. The first-order valence-electron chi connectivity index (χ1n) is 12.8. The summed E-state index contributed by atoms with van der Waals surface area (Å²) in [5.41, 5.74) is 4.26. The number of rotatable bonds is 9. The summed E-state index contributed by atoms with van der Waals surface area (Å²) in [5.74, 6) is 0.555. The first-order chi connectivity index (χ1) is 18.2. The van der Waals surface area contributed by atoms with Crippen molar-refractivity contribution >= 4 is 21.4 Å². The molecule has 9 nitrogen and oxygen atoms in total. The lowest BCUT2D eigenvalue weighted by Gasteiger charge is -2.18. The molecule has 2 atom stereocenters. The lowest BCUT2D eigenvalue weighted by atomic mass is 10.0. The minimum Gasteiger partial charge on any atom is -0.490 e. The highest BCUT2D eigenvalue weighted by molar-refractivity contribution is 7.89. The van der Waals surface area contributed by atoms with E-state index in [-0.39, 0.29) is 24.0 Å². The number of sulfonamides is 1. The molecule has 0 amide bonds. The molecule has 1 aromatic heterocycles.